The number of aromatic nitrogens is 1. The Balaban J connectivity index is 2.79. The SMILES string of the molecule is CCOc1cncc(C(=O)CC(F)(F)F)c1. The van der Waals surface area contributed by atoms with Gasteiger partial charge in [0, 0.05) is 11.8 Å². The van der Waals surface area contributed by atoms with E-state index in [0.717, 1.165) is 6.20 Å². The Morgan fingerprint density at radius 2 is 2.12 bits per heavy atom. The van der Waals surface area contributed by atoms with Crippen molar-refractivity contribution in [2.24, 2.45) is 0 Å². The quantitative estimate of drug-likeness (QED) is 0.750. The minimum Gasteiger partial charge on any atom is -0.492 e. The van der Waals surface area contributed by atoms with E-state index in [-0.39, 0.29) is 11.3 Å². The van der Waals surface area contributed by atoms with Gasteiger partial charge in [-0.2, -0.15) is 13.2 Å². The van der Waals surface area contributed by atoms with Gasteiger partial charge in [0.1, 0.15) is 12.2 Å². The minimum atomic E-state index is -4.50. The lowest BCUT2D eigenvalue weighted by atomic mass is 10.1. The van der Waals surface area contributed by atoms with Crippen molar-refractivity contribution in [1.82, 2.24) is 4.98 Å². The molecule has 0 saturated carbocycles. The summed E-state index contributed by atoms with van der Waals surface area (Å²) in [6, 6.07) is 1.25. The Morgan fingerprint density at radius 1 is 1.44 bits per heavy atom. The van der Waals surface area contributed by atoms with Crippen molar-refractivity contribution in [1.29, 1.82) is 0 Å². The molecule has 0 saturated heterocycles. The van der Waals surface area contributed by atoms with E-state index in [0.29, 0.717) is 6.61 Å². The first kappa shape index (κ1) is 12.5. The van der Waals surface area contributed by atoms with Crippen LogP contribution in [0.1, 0.15) is 23.7 Å². The average Bonchev–Trinajstić information content (AvgIpc) is 2.16. The number of halogens is 3. The van der Waals surface area contributed by atoms with Crippen LogP contribution < -0.4 is 4.74 Å². The van der Waals surface area contributed by atoms with Crippen molar-refractivity contribution < 1.29 is 22.7 Å². The van der Waals surface area contributed by atoms with Crippen molar-refractivity contribution in [3.8, 4) is 5.75 Å². The Hall–Kier alpha value is -1.59. The number of hydrogen-bond acceptors (Lipinski definition) is 3. The molecule has 6 heteroatoms. The lowest BCUT2D eigenvalue weighted by Crippen LogP contribution is -2.15. The number of pyridine rings is 1. The number of ketones is 1. The molecule has 0 aliphatic carbocycles. The van der Waals surface area contributed by atoms with Gasteiger partial charge in [0.25, 0.3) is 0 Å². The maximum atomic E-state index is 12.0. The number of rotatable bonds is 4. The molecule has 0 aliphatic rings. The predicted molar refractivity (Wildman–Crippen MR) is 50.4 cm³/mol. The van der Waals surface area contributed by atoms with Gasteiger partial charge in [-0.1, -0.05) is 0 Å². The third kappa shape index (κ3) is 3.88. The molecule has 0 bridgehead atoms. The lowest BCUT2D eigenvalue weighted by molar-refractivity contribution is -0.125. The number of carbonyl (C=O) groups is 1. The molecule has 0 amide bonds. The molecule has 16 heavy (non-hydrogen) atoms. The molecule has 0 fully saturated rings. The van der Waals surface area contributed by atoms with E-state index >= 15 is 0 Å². The summed E-state index contributed by atoms with van der Waals surface area (Å²) < 4.78 is 40.9. The summed E-state index contributed by atoms with van der Waals surface area (Å²) in [4.78, 5) is 14.8. The van der Waals surface area contributed by atoms with Crippen LogP contribution in [0.25, 0.3) is 0 Å². The number of hydrogen-bond donors (Lipinski definition) is 0. The van der Waals surface area contributed by atoms with Crippen molar-refractivity contribution >= 4 is 5.78 Å². The van der Waals surface area contributed by atoms with Crippen molar-refractivity contribution in [3.63, 3.8) is 0 Å². The second kappa shape index (κ2) is 4.96. The largest absolute Gasteiger partial charge is 0.492 e. The number of carbonyl (C=O) groups excluding carboxylic acids is 1. The van der Waals surface area contributed by atoms with Gasteiger partial charge in [0.05, 0.1) is 12.8 Å². The summed E-state index contributed by atoms with van der Waals surface area (Å²) in [7, 11) is 0. The van der Waals surface area contributed by atoms with Gasteiger partial charge in [-0.25, -0.2) is 0 Å². The zero-order valence-electron chi connectivity index (χ0n) is 8.54. The maximum Gasteiger partial charge on any atom is 0.396 e. The molecule has 1 aromatic heterocycles. The minimum absolute atomic E-state index is 0.0942. The first-order valence-electron chi connectivity index (χ1n) is 4.60. The third-order valence-corrected chi connectivity index (χ3v) is 1.71. The van der Waals surface area contributed by atoms with Crippen molar-refractivity contribution in [3.05, 3.63) is 24.0 Å². The molecule has 0 aliphatic heterocycles. The smallest absolute Gasteiger partial charge is 0.396 e. The van der Waals surface area contributed by atoms with Gasteiger partial charge in [0.2, 0.25) is 0 Å². The molecule has 1 heterocycles. The standard InChI is InChI=1S/C10H10F3NO2/c1-2-16-8-3-7(5-14-6-8)9(15)4-10(11,12)13/h3,5-6H,2,4H2,1H3. The second-order valence-electron chi connectivity index (χ2n) is 3.06. The fourth-order valence-corrected chi connectivity index (χ4v) is 1.10. The Bertz CT molecular complexity index is 377. The summed E-state index contributed by atoms with van der Waals surface area (Å²) in [5, 5.41) is 0. The van der Waals surface area contributed by atoms with Crippen LogP contribution >= 0.6 is 0 Å². The summed E-state index contributed by atoms with van der Waals surface area (Å²) in [5.74, 6) is -0.725. The summed E-state index contributed by atoms with van der Waals surface area (Å²) in [6.45, 7) is 2.09. The van der Waals surface area contributed by atoms with Crippen LogP contribution in [-0.2, 0) is 0 Å². The van der Waals surface area contributed by atoms with Crippen LogP contribution in [0.2, 0.25) is 0 Å². The van der Waals surface area contributed by atoms with Gasteiger partial charge in [-0.05, 0) is 13.0 Å². The van der Waals surface area contributed by atoms with E-state index in [4.69, 9.17) is 4.74 Å². The monoisotopic (exact) mass is 233 g/mol. The predicted octanol–water partition coefficient (Wildman–Crippen LogP) is 2.62. The molecule has 0 atom stereocenters. The molecular weight excluding hydrogens is 223 g/mol. The second-order valence-corrected chi connectivity index (χ2v) is 3.06. The van der Waals surface area contributed by atoms with Crippen LogP contribution in [0, 0.1) is 0 Å². The number of alkyl halides is 3. The van der Waals surface area contributed by atoms with Gasteiger partial charge < -0.3 is 4.74 Å². The highest BCUT2D eigenvalue weighted by atomic mass is 19.4. The lowest BCUT2D eigenvalue weighted by Gasteiger charge is -2.06. The van der Waals surface area contributed by atoms with E-state index in [1.165, 1.54) is 12.3 Å². The van der Waals surface area contributed by atoms with Gasteiger partial charge in [-0.3, -0.25) is 9.78 Å². The summed E-state index contributed by atoms with van der Waals surface area (Å²) in [5.41, 5.74) is -0.0942. The fraction of sp³-hybridized carbons (Fsp3) is 0.400. The first-order chi connectivity index (χ1) is 7.42. The van der Waals surface area contributed by atoms with Crippen LogP contribution in [0.4, 0.5) is 13.2 Å². The molecule has 88 valence electrons. The summed E-state index contributed by atoms with van der Waals surface area (Å²) in [6.07, 6.45) is -3.55. The van der Waals surface area contributed by atoms with E-state index in [2.05, 4.69) is 4.98 Å². The molecule has 0 N–H and O–H groups in total. The van der Waals surface area contributed by atoms with Crippen LogP contribution in [0.15, 0.2) is 18.5 Å². The Labute approximate surface area is 90.2 Å². The van der Waals surface area contributed by atoms with E-state index in [1.54, 1.807) is 6.92 Å². The Kier molecular flexibility index (Phi) is 3.87. The van der Waals surface area contributed by atoms with Crippen LogP contribution in [0.5, 0.6) is 5.75 Å². The van der Waals surface area contributed by atoms with Crippen molar-refractivity contribution in [2.75, 3.05) is 6.61 Å². The van der Waals surface area contributed by atoms with E-state index in [1.807, 2.05) is 0 Å². The highest BCUT2D eigenvalue weighted by molar-refractivity contribution is 5.96. The van der Waals surface area contributed by atoms with Gasteiger partial charge in [0.15, 0.2) is 5.78 Å². The van der Waals surface area contributed by atoms with Gasteiger partial charge >= 0.3 is 6.18 Å². The molecule has 1 rings (SSSR count). The molecule has 0 spiro atoms. The first-order valence-corrected chi connectivity index (χ1v) is 4.60. The third-order valence-electron chi connectivity index (χ3n) is 1.71. The number of ether oxygens (including phenoxy) is 1. The normalized spacial score (nSPS) is 11.2. The molecule has 0 unspecified atom stereocenters. The fourth-order valence-electron chi connectivity index (χ4n) is 1.10. The Morgan fingerprint density at radius 3 is 2.69 bits per heavy atom. The molecule has 3 nitrogen and oxygen atoms in total. The number of Topliss-reactive ketones (excluding diaryl/α,β-unsaturated/α-hetero) is 1. The topological polar surface area (TPSA) is 39.2 Å². The maximum absolute atomic E-state index is 12.0. The highest BCUT2D eigenvalue weighted by Crippen LogP contribution is 2.23. The average molecular weight is 233 g/mol. The zero-order chi connectivity index (χ0) is 12.2. The molecule has 0 radical (unpaired) electrons. The number of nitrogens with zero attached hydrogens (tertiary/aromatic N) is 1. The van der Waals surface area contributed by atoms with E-state index in [9.17, 15) is 18.0 Å². The van der Waals surface area contributed by atoms with Gasteiger partial charge in [-0.15, -0.1) is 0 Å². The van der Waals surface area contributed by atoms with Crippen LogP contribution in [-0.4, -0.2) is 23.6 Å². The van der Waals surface area contributed by atoms with Crippen LogP contribution in [0.3, 0.4) is 0 Å². The molecule has 0 aromatic carbocycles. The molecule has 1 aromatic rings. The highest BCUT2D eigenvalue weighted by Gasteiger charge is 2.31. The van der Waals surface area contributed by atoms with E-state index < -0.39 is 18.4 Å². The van der Waals surface area contributed by atoms with Crippen molar-refractivity contribution in [2.45, 2.75) is 19.5 Å². The molecular formula is C10H10F3NO2. The summed E-state index contributed by atoms with van der Waals surface area (Å²) >= 11 is 0. The zero-order valence-corrected chi connectivity index (χ0v) is 8.54.